The summed E-state index contributed by atoms with van der Waals surface area (Å²) in [5.41, 5.74) is 0. The molecule has 50 valence electrons. The molecule has 3 heteroatoms. The molecule has 0 aliphatic heterocycles. The molecule has 1 unspecified atom stereocenters. The SMILES string of the molecule is CCC(C)C(=O)[S-].[NH4+]. The minimum atomic E-state index is -0.123. The van der Waals surface area contributed by atoms with Crippen molar-refractivity contribution in [3.05, 3.63) is 0 Å². The lowest BCUT2D eigenvalue weighted by Gasteiger charge is -2.08. The maximum absolute atomic E-state index is 10.2. The number of hydrogen-bond donors (Lipinski definition) is 1. The summed E-state index contributed by atoms with van der Waals surface area (Å²) in [6.45, 7) is 3.80. The second-order valence-corrected chi connectivity index (χ2v) is 2.03. The summed E-state index contributed by atoms with van der Waals surface area (Å²) < 4.78 is 0. The molecule has 0 saturated heterocycles. The van der Waals surface area contributed by atoms with Crippen molar-refractivity contribution in [1.82, 2.24) is 6.15 Å². The van der Waals surface area contributed by atoms with Gasteiger partial charge in [0.05, 0.1) is 0 Å². The Morgan fingerprint density at radius 1 is 1.75 bits per heavy atom. The lowest BCUT2D eigenvalue weighted by molar-refractivity contribution is -0.113. The zero-order valence-corrected chi connectivity index (χ0v) is 6.42. The number of carbonyl (C=O) groups is 1. The fourth-order valence-corrected chi connectivity index (χ4v) is 0.333. The van der Waals surface area contributed by atoms with Gasteiger partial charge in [-0.05, 0) is 12.3 Å². The molecular weight excluding hydrogens is 122 g/mol. The summed E-state index contributed by atoms with van der Waals surface area (Å²) in [6.07, 6.45) is 0.863. The Labute approximate surface area is 55.7 Å². The van der Waals surface area contributed by atoms with E-state index in [4.69, 9.17) is 0 Å². The van der Waals surface area contributed by atoms with Crippen LogP contribution in [-0.2, 0) is 17.4 Å². The Morgan fingerprint density at radius 3 is 2.12 bits per heavy atom. The van der Waals surface area contributed by atoms with Gasteiger partial charge >= 0.3 is 0 Å². The van der Waals surface area contributed by atoms with Crippen LogP contribution in [-0.4, -0.2) is 5.12 Å². The van der Waals surface area contributed by atoms with E-state index in [1.54, 1.807) is 0 Å². The largest absolute Gasteiger partial charge is 0.742 e. The third kappa shape index (κ3) is 4.02. The smallest absolute Gasteiger partial charge is 0.0147 e. The molecule has 8 heavy (non-hydrogen) atoms. The van der Waals surface area contributed by atoms with Crippen LogP contribution in [0, 0.1) is 5.92 Å². The minimum Gasteiger partial charge on any atom is -0.742 e. The molecule has 0 rings (SSSR count). The van der Waals surface area contributed by atoms with Crippen LogP contribution >= 0.6 is 0 Å². The first kappa shape index (κ1) is 10.8. The van der Waals surface area contributed by atoms with Gasteiger partial charge in [-0.1, -0.05) is 13.8 Å². The molecule has 1 atom stereocenters. The molecule has 0 aromatic carbocycles. The third-order valence-corrected chi connectivity index (χ3v) is 1.42. The van der Waals surface area contributed by atoms with E-state index >= 15 is 0 Å². The van der Waals surface area contributed by atoms with Crippen molar-refractivity contribution in [3.63, 3.8) is 0 Å². The monoisotopic (exact) mass is 135 g/mol. The first-order valence-electron chi connectivity index (χ1n) is 2.39. The van der Waals surface area contributed by atoms with Gasteiger partial charge in [0.1, 0.15) is 0 Å². The summed E-state index contributed by atoms with van der Waals surface area (Å²) >= 11 is 4.36. The molecule has 0 amide bonds. The van der Waals surface area contributed by atoms with E-state index in [0.29, 0.717) is 0 Å². The van der Waals surface area contributed by atoms with E-state index < -0.39 is 0 Å². The number of quaternary nitrogens is 1. The van der Waals surface area contributed by atoms with E-state index in [0.717, 1.165) is 6.42 Å². The first-order chi connectivity index (χ1) is 3.18. The molecule has 0 fully saturated rings. The Balaban J connectivity index is 0. The summed E-state index contributed by atoms with van der Waals surface area (Å²) in [5, 5.41) is -0.123. The Morgan fingerprint density at radius 2 is 2.12 bits per heavy atom. The van der Waals surface area contributed by atoms with Gasteiger partial charge in [-0.3, -0.25) is 0 Å². The van der Waals surface area contributed by atoms with Gasteiger partial charge in [-0.2, -0.15) is 0 Å². The normalized spacial score (nSPS) is 11.8. The molecule has 0 aromatic heterocycles. The first-order valence-corrected chi connectivity index (χ1v) is 2.80. The molecule has 0 heterocycles. The van der Waals surface area contributed by atoms with Crippen LogP contribution in [0.25, 0.3) is 0 Å². The van der Waals surface area contributed by atoms with Crippen LogP contribution in [0.4, 0.5) is 0 Å². The lowest BCUT2D eigenvalue weighted by Crippen LogP contribution is -2.04. The number of carbonyl (C=O) groups excluding carboxylic acids is 1. The Hall–Kier alpha value is -0.150. The molecule has 4 N–H and O–H groups in total. The minimum absolute atomic E-state index is 0. The molecule has 0 aliphatic carbocycles. The highest BCUT2D eigenvalue weighted by atomic mass is 32.1. The van der Waals surface area contributed by atoms with Crippen LogP contribution in [0.3, 0.4) is 0 Å². The standard InChI is InChI=1S/C5H10OS.H3N/c1-3-4(2)5(6)7;/h4H,3H2,1-2H3,(H,6,7);1H3. The van der Waals surface area contributed by atoms with Crippen molar-refractivity contribution in [3.8, 4) is 0 Å². The second kappa shape index (κ2) is 5.00. The second-order valence-electron chi connectivity index (χ2n) is 1.63. The molecule has 0 spiro atoms. The molecule has 0 radical (unpaired) electrons. The average molecular weight is 135 g/mol. The van der Waals surface area contributed by atoms with Crippen LogP contribution in [0.15, 0.2) is 0 Å². The maximum atomic E-state index is 10.2. The topological polar surface area (TPSA) is 53.6 Å². The highest BCUT2D eigenvalue weighted by Crippen LogP contribution is 1.98. The summed E-state index contributed by atoms with van der Waals surface area (Å²) in [6, 6.07) is 0. The van der Waals surface area contributed by atoms with Crippen LogP contribution in [0.5, 0.6) is 0 Å². The van der Waals surface area contributed by atoms with Gasteiger partial charge < -0.3 is 23.6 Å². The predicted octanol–water partition coefficient (Wildman–Crippen LogP) is 1.48. The number of hydrogen-bond acceptors (Lipinski definition) is 2. The highest BCUT2D eigenvalue weighted by molar-refractivity contribution is 7.77. The van der Waals surface area contributed by atoms with Gasteiger partial charge in [0.15, 0.2) is 0 Å². The van der Waals surface area contributed by atoms with E-state index in [2.05, 4.69) is 12.6 Å². The van der Waals surface area contributed by atoms with E-state index in [1.165, 1.54) is 0 Å². The molecule has 0 saturated carbocycles. The van der Waals surface area contributed by atoms with Crippen LogP contribution in [0.1, 0.15) is 20.3 Å². The van der Waals surface area contributed by atoms with Crippen molar-refractivity contribution in [1.29, 1.82) is 0 Å². The van der Waals surface area contributed by atoms with Crippen molar-refractivity contribution < 1.29 is 4.79 Å². The quantitative estimate of drug-likeness (QED) is 0.583. The van der Waals surface area contributed by atoms with Gasteiger partial charge in [-0.25, -0.2) is 0 Å². The average Bonchev–Trinajstić information content (AvgIpc) is 1.65. The lowest BCUT2D eigenvalue weighted by atomic mass is 10.1. The Kier molecular flexibility index (Phi) is 6.72. The summed E-state index contributed by atoms with van der Waals surface area (Å²) in [7, 11) is 0. The predicted molar refractivity (Wildman–Crippen MR) is 37.8 cm³/mol. The van der Waals surface area contributed by atoms with E-state index in [-0.39, 0.29) is 17.2 Å². The molecule has 2 nitrogen and oxygen atoms in total. The van der Waals surface area contributed by atoms with Crippen molar-refractivity contribution >= 4 is 17.7 Å². The van der Waals surface area contributed by atoms with Gasteiger partial charge in [0, 0.05) is 5.12 Å². The highest BCUT2D eigenvalue weighted by Gasteiger charge is 1.93. The van der Waals surface area contributed by atoms with Gasteiger partial charge in [-0.15, -0.1) is 0 Å². The third-order valence-electron chi connectivity index (χ3n) is 1.01. The van der Waals surface area contributed by atoms with E-state index in [1.807, 2.05) is 13.8 Å². The van der Waals surface area contributed by atoms with E-state index in [9.17, 15) is 4.79 Å². The zero-order valence-electron chi connectivity index (χ0n) is 5.60. The van der Waals surface area contributed by atoms with Crippen LogP contribution < -0.4 is 6.15 Å². The van der Waals surface area contributed by atoms with Gasteiger partial charge in [0.2, 0.25) is 0 Å². The number of rotatable bonds is 2. The maximum Gasteiger partial charge on any atom is 0.0147 e. The van der Waals surface area contributed by atoms with Gasteiger partial charge in [0.25, 0.3) is 0 Å². The summed E-state index contributed by atoms with van der Waals surface area (Å²) in [5.74, 6) is 0.0787. The molecule has 0 aromatic rings. The van der Waals surface area contributed by atoms with Crippen molar-refractivity contribution in [2.45, 2.75) is 20.3 Å². The Bertz CT molecular complexity index is 74.8. The fraction of sp³-hybridized carbons (Fsp3) is 0.800. The zero-order chi connectivity index (χ0) is 5.86. The fourth-order valence-electron chi connectivity index (χ4n) is 0.167. The van der Waals surface area contributed by atoms with Crippen molar-refractivity contribution in [2.75, 3.05) is 0 Å². The van der Waals surface area contributed by atoms with Crippen LogP contribution in [0.2, 0.25) is 0 Å². The summed E-state index contributed by atoms with van der Waals surface area (Å²) in [4.78, 5) is 10.2. The molecule has 0 bridgehead atoms. The molecular formula is C5H13NOS. The van der Waals surface area contributed by atoms with Crippen molar-refractivity contribution in [2.24, 2.45) is 5.92 Å². The molecule has 0 aliphatic rings.